The lowest BCUT2D eigenvalue weighted by molar-refractivity contribution is -0.321. The van der Waals surface area contributed by atoms with Gasteiger partial charge in [0.15, 0.2) is 5.60 Å². The maximum absolute atomic E-state index is 14.2. The van der Waals surface area contributed by atoms with Crippen LogP contribution in [0, 0.1) is 34.5 Å². The van der Waals surface area contributed by atoms with Gasteiger partial charge in [-0.2, -0.15) is 0 Å². The number of rotatable bonds is 8. The molecule has 49 heavy (non-hydrogen) atoms. The fourth-order valence-electron chi connectivity index (χ4n) is 13.1. The molecule has 1 aliphatic heterocycles. The third kappa shape index (κ3) is 3.82. The van der Waals surface area contributed by atoms with Crippen molar-refractivity contribution in [2.24, 2.45) is 34.5 Å². The van der Waals surface area contributed by atoms with Gasteiger partial charge in [-0.3, -0.25) is 9.69 Å². The zero-order valence-corrected chi connectivity index (χ0v) is 29.1. The normalized spacial score (nSPS) is 47.7. The van der Waals surface area contributed by atoms with E-state index in [0.29, 0.717) is 31.5 Å². The van der Waals surface area contributed by atoms with E-state index in [2.05, 4.69) is 18.7 Å². The molecule has 5 aliphatic carbocycles. The number of likely N-dealkylation sites (tertiary alicyclic amines) is 1. The van der Waals surface area contributed by atoms with Crippen LogP contribution in [0.15, 0.2) is 42.5 Å². The highest BCUT2D eigenvalue weighted by molar-refractivity contribution is 5.95. The second kappa shape index (κ2) is 11.2. The highest BCUT2D eigenvalue weighted by Crippen LogP contribution is 2.81. The number of benzene rings is 2. The quantitative estimate of drug-likeness (QED) is 0.354. The maximum Gasteiger partial charge on any atom is 0.338 e. The summed E-state index contributed by atoms with van der Waals surface area (Å²) < 4.78 is 31.9. The lowest BCUT2D eigenvalue weighted by Gasteiger charge is -2.70. The van der Waals surface area contributed by atoms with Crippen LogP contribution in [-0.4, -0.2) is 120 Å². The summed E-state index contributed by atoms with van der Waals surface area (Å²) in [6.07, 6.45) is -4.48. The van der Waals surface area contributed by atoms with Gasteiger partial charge in [0.25, 0.3) is 0 Å². The fraction of sp³-hybridized carbons (Fsp3) is 0.684. The molecule has 7 bridgehead atoms. The molecule has 0 aromatic heterocycles. The Morgan fingerprint density at radius 2 is 1.69 bits per heavy atom. The monoisotopic (exact) mass is 679 g/mol. The van der Waals surface area contributed by atoms with Gasteiger partial charge in [0, 0.05) is 75.8 Å². The van der Waals surface area contributed by atoms with Crippen molar-refractivity contribution in [1.82, 2.24) is 4.90 Å². The van der Waals surface area contributed by atoms with Gasteiger partial charge in [-0.05, 0) is 48.2 Å². The fourth-order valence-corrected chi connectivity index (χ4v) is 13.1. The van der Waals surface area contributed by atoms with E-state index in [1.165, 1.54) is 14.0 Å². The van der Waals surface area contributed by atoms with Crippen molar-refractivity contribution < 1.29 is 48.6 Å². The number of carbonyl (C=O) groups excluding carboxylic acids is 2. The van der Waals surface area contributed by atoms with Crippen LogP contribution in [0.5, 0.6) is 0 Å². The number of piperidine rings is 1. The highest BCUT2D eigenvalue weighted by atomic mass is 16.6. The minimum absolute atomic E-state index is 0.107. The Morgan fingerprint density at radius 1 is 0.959 bits per heavy atom. The molecule has 5 saturated carbocycles. The number of methoxy groups -OCH3 is 3. The Kier molecular flexibility index (Phi) is 7.64. The van der Waals surface area contributed by atoms with Crippen molar-refractivity contribution in [3.8, 4) is 0 Å². The molecule has 11 nitrogen and oxygen atoms in total. The number of nitrogens with zero attached hydrogens (tertiary/aromatic N) is 1. The van der Waals surface area contributed by atoms with Crippen molar-refractivity contribution in [3.05, 3.63) is 48.0 Å². The van der Waals surface area contributed by atoms with Crippen molar-refractivity contribution in [3.63, 3.8) is 0 Å². The Hall–Kier alpha value is -2.64. The molecular weight excluding hydrogens is 630 g/mol. The van der Waals surface area contributed by atoms with Crippen LogP contribution in [0.3, 0.4) is 0 Å². The number of hydrogen-bond acceptors (Lipinski definition) is 11. The molecule has 2 aromatic rings. The summed E-state index contributed by atoms with van der Waals surface area (Å²) in [6.45, 7) is 6.75. The number of aliphatic hydroxyl groups is 3. The van der Waals surface area contributed by atoms with Crippen LogP contribution in [-0.2, 0) is 28.5 Å². The molecular formula is C38H49NO10. The largest absolute Gasteiger partial charge is 0.455 e. The number of carbonyl (C=O) groups is 2. The first-order chi connectivity index (χ1) is 23.5. The molecule has 2 aromatic carbocycles. The topological polar surface area (TPSA) is 144 Å². The summed E-state index contributed by atoms with van der Waals surface area (Å²) in [7, 11) is 4.73. The van der Waals surface area contributed by atoms with Crippen molar-refractivity contribution in [2.45, 2.75) is 93.9 Å². The summed E-state index contributed by atoms with van der Waals surface area (Å²) in [5.41, 5.74) is -4.48. The molecule has 15 atom stereocenters. The maximum atomic E-state index is 14.2. The summed E-state index contributed by atoms with van der Waals surface area (Å²) in [4.78, 5) is 29.9. The van der Waals surface area contributed by atoms with E-state index in [1.807, 2.05) is 30.3 Å². The van der Waals surface area contributed by atoms with Crippen molar-refractivity contribution >= 4 is 22.7 Å². The minimum Gasteiger partial charge on any atom is -0.455 e. The molecule has 8 rings (SSSR count). The molecule has 0 radical (unpaired) electrons. The first kappa shape index (κ1) is 33.5. The minimum atomic E-state index is -1.82. The second-order valence-corrected chi connectivity index (χ2v) is 15.5. The van der Waals surface area contributed by atoms with Crippen molar-refractivity contribution in [2.75, 3.05) is 34.4 Å². The molecule has 3 N–H and O–H groups in total. The molecule has 0 amide bonds. The zero-order valence-electron chi connectivity index (χ0n) is 29.1. The molecule has 11 heteroatoms. The van der Waals surface area contributed by atoms with Crippen LogP contribution in [0.4, 0.5) is 0 Å². The van der Waals surface area contributed by atoms with Gasteiger partial charge in [-0.15, -0.1) is 0 Å². The van der Waals surface area contributed by atoms with E-state index in [0.717, 1.165) is 10.8 Å². The third-order valence-corrected chi connectivity index (χ3v) is 14.4. The zero-order chi connectivity index (χ0) is 34.8. The summed E-state index contributed by atoms with van der Waals surface area (Å²) >= 11 is 0. The number of hydrogen-bond donors (Lipinski definition) is 3. The van der Waals surface area contributed by atoms with E-state index in [1.54, 1.807) is 26.4 Å². The summed E-state index contributed by atoms with van der Waals surface area (Å²) in [6, 6.07) is 12.7. The average Bonchev–Trinajstić information content (AvgIpc) is 3.46. The van der Waals surface area contributed by atoms with Gasteiger partial charge >= 0.3 is 11.9 Å². The van der Waals surface area contributed by atoms with E-state index in [-0.39, 0.29) is 18.4 Å². The van der Waals surface area contributed by atoms with Crippen LogP contribution in [0.25, 0.3) is 10.8 Å². The van der Waals surface area contributed by atoms with Gasteiger partial charge in [0.2, 0.25) is 0 Å². The van der Waals surface area contributed by atoms with Gasteiger partial charge in [-0.25, -0.2) is 4.79 Å². The van der Waals surface area contributed by atoms with Gasteiger partial charge in [-0.1, -0.05) is 44.2 Å². The standard InChI is InChI=1S/C38H49NO10/c1-7-35-18-39(8-2)30-27-28(46-5)29(35)37(30,25(45-4)16-24(35)41)23-17-36(44)32(26(23)38(27,49-19(3)40)31(42)33(36)47-6)48-34(43)22-14-13-20-11-9-10-12-21(20)15-22/h9-15,23-33,41-42,44H,7-8,16-18H2,1-6H3/t23?,24-,25+,26-,27?,28?,29?,30?,31+,32-,33+,35?,36-,37?,38-/m1/s1. The Bertz CT molecular complexity index is 1670. The number of aliphatic hydroxyl groups excluding tert-OH is 2. The molecule has 7 unspecified atom stereocenters. The van der Waals surface area contributed by atoms with Gasteiger partial charge in [0.05, 0.1) is 23.9 Å². The lowest BCUT2D eigenvalue weighted by Crippen LogP contribution is -2.81. The predicted molar refractivity (Wildman–Crippen MR) is 176 cm³/mol. The summed E-state index contributed by atoms with van der Waals surface area (Å²) in [5.74, 6) is -3.41. The van der Waals surface area contributed by atoms with Crippen LogP contribution in [0.1, 0.15) is 50.4 Å². The molecule has 6 aliphatic rings. The van der Waals surface area contributed by atoms with Crippen molar-refractivity contribution in [1.29, 1.82) is 0 Å². The molecule has 1 saturated heterocycles. The smallest absolute Gasteiger partial charge is 0.338 e. The van der Waals surface area contributed by atoms with Crippen LogP contribution < -0.4 is 0 Å². The van der Waals surface area contributed by atoms with Crippen LogP contribution in [0.2, 0.25) is 0 Å². The Morgan fingerprint density at radius 3 is 2.33 bits per heavy atom. The molecule has 6 fully saturated rings. The third-order valence-electron chi connectivity index (χ3n) is 14.4. The van der Waals surface area contributed by atoms with Crippen LogP contribution >= 0.6 is 0 Å². The molecule has 266 valence electrons. The highest BCUT2D eigenvalue weighted by Gasteiger charge is 2.92. The van der Waals surface area contributed by atoms with E-state index in [4.69, 9.17) is 23.7 Å². The Balaban J connectivity index is 1.37. The molecule has 1 heterocycles. The SMILES string of the molecule is CCN1CC2(CC)C3C(OC)C4C1C3(C1C[C@@]3(O)[C@H](OC(=O)c5ccc6ccccc6c5)[C@@H]1[C@]4(OC(C)=O)[C@@H](O)[C@@H]3OC)[C@@H](OC)C[C@H]2O. The van der Waals surface area contributed by atoms with E-state index >= 15 is 0 Å². The number of fused-ring (bicyclic) bond motifs is 3. The first-order valence-corrected chi connectivity index (χ1v) is 17.8. The van der Waals surface area contributed by atoms with Gasteiger partial charge in [0.1, 0.15) is 23.9 Å². The number of esters is 2. The van der Waals surface area contributed by atoms with E-state index < -0.39 is 88.3 Å². The predicted octanol–water partition coefficient (Wildman–Crippen LogP) is 2.56. The Labute approximate surface area is 286 Å². The number of ether oxygens (including phenoxy) is 5. The first-order valence-electron chi connectivity index (χ1n) is 17.8. The van der Waals surface area contributed by atoms with Gasteiger partial charge < -0.3 is 39.0 Å². The summed E-state index contributed by atoms with van der Waals surface area (Å²) in [5, 5.41) is 39.4. The average molecular weight is 680 g/mol. The second-order valence-electron chi connectivity index (χ2n) is 15.5. The van der Waals surface area contributed by atoms with E-state index in [9.17, 15) is 24.9 Å². The lowest BCUT2D eigenvalue weighted by atomic mass is 9.42. The molecule has 1 spiro atoms.